The minimum atomic E-state index is -0.317. The zero-order valence-corrected chi connectivity index (χ0v) is 10.2. The summed E-state index contributed by atoms with van der Waals surface area (Å²) in [5.41, 5.74) is 25.2. The molecule has 9 N–H and O–H groups in total. The van der Waals surface area contributed by atoms with E-state index in [9.17, 15) is 4.79 Å². The molecular formula is C13H15N5O. The highest BCUT2D eigenvalue weighted by molar-refractivity contribution is 6.06. The van der Waals surface area contributed by atoms with Crippen molar-refractivity contribution in [3.05, 3.63) is 42.0 Å². The maximum Gasteiger partial charge on any atom is 0.255 e. The summed E-state index contributed by atoms with van der Waals surface area (Å²) in [6, 6.07) is 9.56. The van der Waals surface area contributed by atoms with Gasteiger partial charge in [0.05, 0.1) is 22.7 Å². The molecule has 98 valence electrons. The predicted molar refractivity (Wildman–Crippen MR) is 78.5 cm³/mol. The van der Waals surface area contributed by atoms with Gasteiger partial charge in [0, 0.05) is 11.3 Å². The number of carbonyl (C=O) groups excluding carboxylic acids is 1. The largest absolute Gasteiger partial charge is 0.399 e. The van der Waals surface area contributed by atoms with Crippen molar-refractivity contribution in [1.29, 1.82) is 0 Å². The Morgan fingerprint density at radius 2 is 1.58 bits per heavy atom. The molecule has 0 atom stereocenters. The highest BCUT2D eigenvalue weighted by Crippen LogP contribution is 2.22. The van der Waals surface area contributed by atoms with E-state index in [2.05, 4.69) is 5.32 Å². The number of nitrogen functional groups attached to an aromatic ring is 4. The summed E-state index contributed by atoms with van der Waals surface area (Å²) in [6.07, 6.45) is 0. The van der Waals surface area contributed by atoms with Gasteiger partial charge < -0.3 is 28.3 Å². The molecule has 0 saturated heterocycles. The lowest BCUT2D eigenvalue weighted by Gasteiger charge is -2.09. The second-order valence-electron chi connectivity index (χ2n) is 4.14. The van der Waals surface area contributed by atoms with Crippen LogP contribution >= 0.6 is 0 Å². The van der Waals surface area contributed by atoms with E-state index in [0.717, 1.165) is 0 Å². The van der Waals surface area contributed by atoms with Gasteiger partial charge in [-0.1, -0.05) is 0 Å². The van der Waals surface area contributed by atoms with Crippen LogP contribution in [0.15, 0.2) is 36.4 Å². The van der Waals surface area contributed by atoms with Crippen LogP contribution in [0, 0.1) is 0 Å². The molecule has 0 aliphatic carbocycles. The van der Waals surface area contributed by atoms with Gasteiger partial charge in [0.2, 0.25) is 0 Å². The summed E-state index contributed by atoms with van der Waals surface area (Å²) in [6.45, 7) is 0. The standard InChI is InChI=1S/C13H15N5O/c14-8-2-4-12(11(17)6-8)18-13(19)7-1-3-9(15)10(16)5-7/h1-6H,14-17H2,(H,18,19). The van der Waals surface area contributed by atoms with E-state index in [1.807, 2.05) is 0 Å². The third-order valence-electron chi connectivity index (χ3n) is 2.67. The maximum atomic E-state index is 12.0. The fourth-order valence-corrected chi connectivity index (χ4v) is 1.61. The summed E-state index contributed by atoms with van der Waals surface area (Å²) < 4.78 is 0. The summed E-state index contributed by atoms with van der Waals surface area (Å²) in [5.74, 6) is -0.317. The molecule has 2 aromatic carbocycles. The van der Waals surface area contributed by atoms with Gasteiger partial charge in [0.1, 0.15) is 0 Å². The summed E-state index contributed by atoms with van der Waals surface area (Å²) in [5, 5.41) is 2.68. The zero-order valence-electron chi connectivity index (χ0n) is 10.2. The minimum absolute atomic E-state index is 0.317. The topological polar surface area (TPSA) is 133 Å². The van der Waals surface area contributed by atoms with Gasteiger partial charge >= 0.3 is 0 Å². The molecular weight excluding hydrogens is 242 g/mol. The number of nitrogens with one attached hydrogen (secondary N) is 1. The Labute approximate surface area is 110 Å². The lowest BCUT2D eigenvalue weighted by molar-refractivity contribution is 0.102. The molecule has 1 amide bonds. The molecule has 19 heavy (non-hydrogen) atoms. The van der Waals surface area contributed by atoms with Crippen LogP contribution in [0.4, 0.5) is 28.4 Å². The van der Waals surface area contributed by atoms with E-state index in [-0.39, 0.29) is 5.91 Å². The van der Waals surface area contributed by atoms with Crippen LogP contribution in [0.3, 0.4) is 0 Å². The first kappa shape index (κ1) is 12.6. The minimum Gasteiger partial charge on any atom is -0.399 e. The lowest BCUT2D eigenvalue weighted by atomic mass is 10.1. The van der Waals surface area contributed by atoms with Crippen molar-refractivity contribution in [3.63, 3.8) is 0 Å². The predicted octanol–water partition coefficient (Wildman–Crippen LogP) is 1.27. The number of benzene rings is 2. The van der Waals surface area contributed by atoms with Gasteiger partial charge in [-0.3, -0.25) is 4.79 Å². The average molecular weight is 257 g/mol. The molecule has 2 rings (SSSR count). The quantitative estimate of drug-likeness (QED) is 0.516. The first-order valence-electron chi connectivity index (χ1n) is 5.58. The van der Waals surface area contributed by atoms with Gasteiger partial charge in [-0.05, 0) is 36.4 Å². The van der Waals surface area contributed by atoms with Gasteiger partial charge in [-0.25, -0.2) is 0 Å². The second kappa shape index (κ2) is 4.77. The molecule has 0 fully saturated rings. The van der Waals surface area contributed by atoms with Gasteiger partial charge in [0.25, 0.3) is 5.91 Å². The Bertz CT molecular complexity index is 639. The Balaban J connectivity index is 2.23. The van der Waals surface area contributed by atoms with E-state index >= 15 is 0 Å². The number of nitrogens with two attached hydrogens (primary N) is 4. The lowest BCUT2D eigenvalue weighted by Crippen LogP contribution is -2.14. The van der Waals surface area contributed by atoms with Crippen LogP contribution in [-0.2, 0) is 0 Å². The average Bonchev–Trinajstić information content (AvgIpc) is 2.36. The Morgan fingerprint density at radius 1 is 0.842 bits per heavy atom. The number of rotatable bonds is 2. The summed E-state index contributed by atoms with van der Waals surface area (Å²) >= 11 is 0. The summed E-state index contributed by atoms with van der Waals surface area (Å²) in [7, 11) is 0. The third-order valence-corrected chi connectivity index (χ3v) is 2.67. The fraction of sp³-hybridized carbons (Fsp3) is 0. The van der Waals surface area contributed by atoms with E-state index in [1.165, 1.54) is 6.07 Å². The van der Waals surface area contributed by atoms with E-state index in [4.69, 9.17) is 22.9 Å². The van der Waals surface area contributed by atoms with Crippen LogP contribution < -0.4 is 28.3 Å². The van der Waals surface area contributed by atoms with E-state index in [1.54, 1.807) is 30.3 Å². The van der Waals surface area contributed by atoms with E-state index in [0.29, 0.717) is 34.0 Å². The van der Waals surface area contributed by atoms with Crippen molar-refractivity contribution in [3.8, 4) is 0 Å². The van der Waals surface area contributed by atoms with Crippen molar-refractivity contribution >= 4 is 34.3 Å². The number of hydrogen-bond acceptors (Lipinski definition) is 5. The van der Waals surface area contributed by atoms with E-state index < -0.39 is 0 Å². The molecule has 0 spiro atoms. The smallest absolute Gasteiger partial charge is 0.255 e. The third kappa shape index (κ3) is 2.68. The molecule has 0 unspecified atom stereocenters. The van der Waals surface area contributed by atoms with Crippen molar-refractivity contribution in [2.45, 2.75) is 0 Å². The molecule has 2 aromatic rings. The van der Waals surface area contributed by atoms with Crippen LogP contribution in [0.25, 0.3) is 0 Å². The fourth-order valence-electron chi connectivity index (χ4n) is 1.61. The highest BCUT2D eigenvalue weighted by atomic mass is 16.1. The van der Waals surface area contributed by atoms with Crippen LogP contribution in [-0.4, -0.2) is 5.91 Å². The second-order valence-corrected chi connectivity index (χ2v) is 4.14. The van der Waals surface area contributed by atoms with Crippen LogP contribution in [0.5, 0.6) is 0 Å². The van der Waals surface area contributed by atoms with Gasteiger partial charge in [-0.2, -0.15) is 0 Å². The van der Waals surface area contributed by atoms with Crippen molar-refractivity contribution in [1.82, 2.24) is 0 Å². The van der Waals surface area contributed by atoms with Gasteiger partial charge in [0.15, 0.2) is 0 Å². The molecule has 0 heterocycles. The van der Waals surface area contributed by atoms with Crippen molar-refractivity contribution < 1.29 is 4.79 Å². The zero-order chi connectivity index (χ0) is 14.0. The van der Waals surface area contributed by atoms with Gasteiger partial charge in [-0.15, -0.1) is 0 Å². The monoisotopic (exact) mass is 257 g/mol. The number of hydrogen-bond donors (Lipinski definition) is 5. The molecule has 6 nitrogen and oxygen atoms in total. The van der Waals surface area contributed by atoms with Crippen LogP contribution in [0.2, 0.25) is 0 Å². The molecule has 0 bridgehead atoms. The molecule has 0 aliphatic rings. The molecule has 0 aliphatic heterocycles. The Kier molecular flexibility index (Phi) is 3.15. The van der Waals surface area contributed by atoms with Crippen molar-refractivity contribution in [2.24, 2.45) is 0 Å². The molecule has 0 radical (unpaired) electrons. The van der Waals surface area contributed by atoms with Crippen molar-refractivity contribution in [2.75, 3.05) is 28.3 Å². The maximum absolute atomic E-state index is 12.0. The van der Waals surface area contributed by atoms with Crippen LogP contribution in [0.1, 0.15) is 10.4 Å². The Morgan fingerprint density at radius 3 is 2.21 bits per heavy atom. The number of anilines is 5. The summed E-state index contributed by atoms with van der Waals surface area (Å²) in [4.78, 5) is 12.0. The molecule has 0 saturated carbocycles. The number of amides is 1. The normalized spacial score (nSPS) is 10.1. The SMILES string of the molecule is Nc1ccc(NC(=O)c2ccc(N)c(N)c2)c(N)c1. The Hall–Kier alpha value is -2.89. The molecule has 0 aromatic heterocycles. The number of carbonyl (C=O) groups is 1. The first-order valence-corrected chi connectivity index (χ1v) is 5.58. The highest BCUT2D eigenvalue weighted by Gasteiger charge is 2.09. The molecule has 6 heteroatoms. The first-order chi connectivity index (χ1) is 8.97.